The van der Waals surface area contributed by atoms with Gasteiger partial charge in [0.15, 0.2) is 6.29 Å². The fourth-order valence-corrected chi connectivity index (χ4v) is 4.23. The summed E-state index contributed by atoms with van der Waals surface area (Å²) in [5.74, 6) is 0. The van der Waals surface area contributed by atoms with Crippen molar-refractivity contribution in [1.29, 1.82) is 0 Å². The molecular weight excluding hydrogens is 436 g/mol. The van der Waals surface area contributed by atoms with Gasteiger partial charge in [-0.1, -0.05) is 91.0 Å². The van der Waals surface area contributed by atoms with Crippen LogP contribution >= 0.6 is 12.6 Å². The number of hydrogen-bond acceptors (Lipinski definition) is 6. The number of aliphatic hydroxyl groups excluding tert-OH is 1. The van der Waals surface area contributed by atoms with E-state index in [9.17, 15) is 5.11 Å². The Morgan fingerprint density at radius 3 is 1.64 bits per heavy atom. The maximum absolute atomic E-state index is 10.8. The molecule has 1 heterocycles. The lowest BCUT2D eigenvalue weighted by molar-refractivity contribution is -0.274. The molecule has 5 atom stereocenters. The maximum Gasteiger partial charge on any atom is 0.184 e. The summed E-state index contributed by atoms with van der Waals surface area (Å²) in [5, 5.41) is 10.5. The van der Waals surface area contributed by atoms with Gasteiger partial charge in [0.2, 0.25) is 0 Å². The average molecular weight is 467 g/mol. The van der Waals surface area contributed by atoms with Gasteiger partial charge in [-0.3, -0.25) is 0 Å². The third-order valence-corrected chi connectivity index (χ3v) is 6.23. The molecule has 0 radical (unpaired) electrons. The minimum atomic E-state index is -1.15. The molecule has 1 aliphatic heterocycles. The maximum atomic E-state index is 10.8. The quantitative estimate of drug-likeness (QED) is 0.434. The summed E-state index contributed by atoms with van der Waals surface area (Å²) in [7, 11) is 0. The predicted octanol–water partition coefficient (Wildman–Crippen LogP) is 4.39. The molecule has 1 N–H and O–H groups in total. The zero-order chi connectivity index (χ0) is 22.9. The standard InChI is InChI=1S/C27H30O5S/c28-27-25(31-18-22-14-8-3-9-15-22)24(30-17-21-12-6-2-7-13-21)26(33)23(32-27)19-29-16-20-10-4-1-5-11-20/h1-15,23-28,33H,16-19H2/t23-,24-,25-,26+,27+/m1/s1. The van der Waals surface area contributed by atoms with Crippen molar-refractivity contribution in [2.75, 3.05) is 6.61 Å². The molecule has 0 bridgehead atoms. The van der Waals surface area contributed by atoms with Gasteiger partial charge in [-0.2, -0.15) is 12.6 Å². The second-order valence-electron chi connectivity index (χ2n) is 8.08. The average Bonchev–Trinajstić information content (AvgIpc) is 2.86. The molecule has 1 fully saturated rings. The Kier molecular flexibility index (Phi) is 8.94. The Labute approximate surface area is 200 Å². The summed E-state index contributed by atoms with van der Waals surface area (Å²) in [6.07, 6.45) is -2.75. The SMILES string of the molecule is O[C@H]1O[C@H](COCc2ccccc2)[C@H](S)[C@H](OCc2ccccc2)[C@H]1OCc1ccccc1. The van der Waals surface area contributed by atoms with Crippen molar-refractivity contribution in [1.82, 2.24) is 0 Å². The van der Waals surface area contributed by atoms with Crippen LogP contribution in [-0.4, -0.2) is 41.6 Å². The number of aliphatic hydroxyl groups is 1. The molecule has 4 rings (SSSR count). The largest absolute Gasteiger partial charge is 0.374 e. The molecule has 0 saturated carbocycles. The molecule has 6 heteroatoms. The monoisotopic (exact) mass is 466 g/mol. The molecule has 3 aromatic rings. The van der Waals surface area contributed by atoms with Gasteiger partial charge >= 0.3 is 0 Å². The van der Waals surface area contributed by atoms with Crippen LogP contribution in [0.2, 0.25) is 0 Å². The normalized spacial score (nSPS) is 25.1. The lowest BCUT2D eigenvalue weighted by Gasteiger charge is -2.43. The summed E-state index contributed by atoms with van der Waals surface area (Å²) in [4.78, 5) is 0. The van der Waals surface area contributed by atoms with E-state index >= 15 is 0 Å². The van der Waals surface area contributed by atoms with E-state index in [1.807, 2.05) is 91.0 Å². The zero-order valence-corrected chi connectivity index (χ0v) is 19.3. The third kappa shape index (κ3) is 6.90. The van der Waals surface area contributed by atoms with Crippen LogP contribution in [0.4, 0.5) is 0 Å². The van der Waals surface area contributed by atoms with Crippen LogP contribution in [0.15, 0.2) is 91.0 Å². The molecule has 33 heavy (non-hydrogen) atoms. The van der Waals surface area contributed by atoms with E-state index in [2.05, 4.69) is 0 Å². The topological polar surface area (TPSA) is 57.2 Å². The number of benzene rings is 3. The van der Waals surface area contributed by atoms with E-state index in [1.165, 1.54) is 0 Å². The molecule has 0 aromatic heterocycles. The van der Waals surface area contributed by atoms with E-state index in [1.54, 1.807) is 0 Å². The fourth-order valence-electron chi connectivity index (χ4n) is 3.81. The van der Waals surface area contributed by atoms with Crippen LogP contribution in [-0.2, 0) is 38.8 Å². The summed E-state index contributed by atoms with van der Waals surface area (Å²) < 4.78 is 24.1. The van der Waals surface area contributed by atoms with Crippen molar-refractivity contribution < 1.29 is 24.1 Å². The van der Waals surface area contributed by atoms with Crippen molar-refractivity contribution >= 4 is 12.6 Å². The van der Waals surface area contributed by atoms with Gasteiger partial charge in [0.25, 0.3) is 0 Å². The van der Waals surface area contributed by atoms with Crippen LogP contribution in [0.3, 0.4) is 0 Å². The molecule has 0 unspecified atom stereocenters. The second kappa shape index (κ2) is 12.3. The zero-order valence-electron chi connectivity index (χ0n) is 18.4. The Morgan fingerprint density at radius 2 is 1.12 bits per heavy atom. The minimum Gasteiger partial charge on any atom is -0.374 e. The van der Waals surface area contributed by atoms with Crippen molar-refractivity contribution in [3.8, 4) is 0 Å². The predicted molar refractivity (Wildman–Crippen MR) is 130 cm³/mol. The van der Waals surface area contributed by atoms with Crippen molar-refractivity contribution in [3.05, 3.63) is 108 Å². The smallest absolute Gasteiger partial charge is 0.184 e. The summed E-state index contributed by atoms with van der Waals surface area (Å²) >= 11 is 4.82. The lowest BCUT2D eigenvalue weighted by atomic mass is 10.0. The highest BCUT2D eigenvalue weighted by Gasteiger charge is 2.45. The van der Waals surface area contributed by atoms with E-state index in [0.29, 0.717) is 19.8 Å². The van der Waals surface area contributed by atoms with Gasteiger partial charge in [0.05, 0.1) is 37.8 Å². The number of thiol groups is 1. The summed E-state index contributed by atoms with van der Waals surface area (Å²) in [6, 6.07) is 29.7. The summed E-state index contributed by atoms with van der Waals surface area (Å²) in [5.41, 5.74) is 3.12. The first kappa shape index (κ1) is 24.0. The molecule has 0 spiro atoms. The highest BCUT2D eigenvalue weighted by molar-refractivity contribution is 7.81. The first-order valence-corrected chi connectivity index (χ1v) is 11.7. The Hall–Kier alpha value is -2.19. The van der Waals surface area contributed by atoms with Gasteiger partial charge in [-0.25, -0.2) is 0 Å². The van der Waals surface area contributed by atoms with Crippen molar-refractivity contribution in [2.45, 2.75) is 49.7 Å². The van der Waals surface area contributed by atoms with Crippen LogP contribution in [0.25, 0.3) is 0 Å². The molecule has 174 valence electrons. The van der Waals surface area contributed by atoms with Gasteiger partial charge in [0.1, 0.15) is 12.2 Å². The van der Waals surface area contributed by atoms with E-state index in [4.69, 9.17) is 31.6 Å². The molecular formula is C27H30O5S. The molecule has 3 aromatic carbocycles. The van der Waals surface area contributed by atoms with Crippen LogP contribution < -0.4 is 0 Å². The first-order valence-electron chi connectivity index (χ1n) is 11.1. The third-order valence-electron chi connectivity index (χ3n) is 5.60. The number of hydrogen-bond donors (Lipinski definition) is 2. The molecule has 0 aliphatic carbocycles. The molecule has 5 nitrogen and oxygen atoms in total. The van der Waals surface area contributed by atoms with Gasteiger partial charge in [0, 0.05) is 0 Å². The van der Waals surface area contributed by atoms with Crippen LogP contribution in [0, 0.1) is 0 Å². The Balaban J connectivity index is 1.41. The molecule has 0 amide bonds. The lowest BCUT2D eigenvalue weighted by Crippen LogP contribution is -2.58. The van der Waals surface area contributed by atoms with E-state index in [0.717, 1.165) is 16.7 Å². The fraction of sp³-hybridized carbons (Fsp3) is 0.333. The Morgan fingerprint density at radius 1 is 0.667 bits per heavy atom. The van der Waals surface area contributed by atoms with Gasteiger partial charge < -0.3 is 24.1 Å². The number of ether oxygens (including phenoxy) is 4. The number of rotatable bonds is 10. The second-order valence-corrected chi connectivity index (χ2v) is 8.68. The van der Waals surface area contributed by atoms with Crippen LogP contribution in [0.1, 0.15) is 16.7 Å². The minimum absolute atomic E-state index is 0.288. The van der Waals surface area contributed by atoms with Crippen molar-refractivity contribution in [2.24, 2.45) is 0 Å². The Bertz CT molecular complexity index is 941. The highest BCUT2D eigenvalue weighted by Crippen LogP contribution is 2.30. The van der Waals surface area contributed by atoms with E-state index < -0.39 is 24.6 Å². The van der Waals surface area contributed by atoms with E-state index in [-0.39, 0.29) is 11.9 Å². The van der Waals surface area contributed by atoms with Crippen LogP contribution in [0.5, 0.6) is 0 Å². The van der Waals surface area contributed by atoms with Gasteiger partial charge in [-0.05, 0) is 16.7 Å². The van der Waals surface area contributed by atoms with Crippen molar-refractivity contribution in [3.63, 3.8) is 0 Å². The van der Waals surface area contributed by atoms with Gasteiger partial charge in [-0.15, -0.1) is 0 Å². The molecule has 1 aliphatic rings. The summed E-state index contributed by atoms with van der Waals surface area (Å²) in [6.45, 7) is 1.47. The first-order chi connectivity index (χ1) is 16.2. The molecule has 1 saturated heterocycles. The highest BCUT2D eigenvalue weighted by atomic mass is 32.1.